The summed E-state index contributed by atoms with van der Waals surface area (Å²) in [6, 6.07) is 3.43. The minimum absolute atomic E-state index is 0.100. The highest BCUT2D eigenvalue weighted by atomic mass is 19.4. The number of amides is 1. The Morgan fingerprint density at radius 3 is 2.64 bits per heavy atom. The first-order chi connectivity index (χ1) is 18.6. The molecule has 0 aromatic carbocycles. The SMILES string of the molecule is O=C(NC12CC(C1)C2)O[C@@H]1CC[C@H](c2cc(Nc3nc(C4CC4)cc4nc(COC(F)(F)F)cn34)n[nH]2)[C@@H]1F. The van der Waals surface area contributed by atoms with E-state index >= 15 is 4.39 Å². The van der Waals surface area contributed by atoms with Crippen LogP contribution in [0.15, 0.2) is 18.3 Å². The van der Waals surface area contributed by atoms with E-state index in [1.54, 1.807) is 12.1 Å². The highest BCUT2D eigenvalue weighted by Crippen LogP contribution is 2.57. The Hall–Kier alpha value is -3.42. The number of nitrogens with one attached hydrogen (secondary N) is 3. The lowest BCUT2D eigenvalue weighted by Crippen LogP contribution is -2.68. The Morgan fingerprint density at radius 1 is 1.15 bits per heavy atom. The molecule has 0 saturated heterocycles. The fourth-order valence-electron chi connectivity index (χ4n) is 6.05. The van der Waals surface area contributed by atoms with Crippen LogP contribution in [0.25, 0.3) is 5.65 Å². The van der Waals surface area contributed by atoms with Gasteiger partial charge in [-0.05, 0) is 50.9 Å². The molecule has 5 fully saturated rings. The van der Waals surface area contributed by atoms with Gasteiger partial charge in [0.05, 0.1) is 18.0 Å². The van der Waals surface area contributed by atoms with Crippen molar-refractivity contribution in [3.63, 3.8) is 0 Å². The number of carbonyl (C=O) groups is 1. The van der Waals surface area contributed by atoms with Crippen LogP contribution < -0.4 is 10.6 Å². The van der Waals surface area contributed by atoms with Gasteiger partial charge in [-0.15, -0.1) is 13.2 Å². The van der Waals surface area contributed by atoms with Gasteiger partial charge in [0.2, 0.25) is 5.95 Å². The lowest BCUT2D eigenvalue weighted by atomic mass is 9.50. The smallest absolute Gasteiger partial charge is 0.443 e. The molecule has 39 heavy (non-hydrogen) atoms. The third-order valence-corrected chi connectivity index (χ3v) is 8.31. The molecule has 0 aliphatic heterocycles. The maximum absolute atomic E-state index is 15.3. The van der Waals surface area contributed by atoms with Gasteiger partial charge in [0.15, 0.2) is 5.82 Å². The second-order valence-electron chi connectivity index (χ2n) is 11.3. The van der Waals surface area contributed by atoms with Gasteiger partial charge in [-0.2, -0.15) is 5.10 Å². The summed E-state index contributed by atoms with van der Waals surface area (Å²) < 4.78 is 63.8. The van der Waals surface area contributed by atoms with Crippen molar-refractivity contribution in [1.29, 1.82) is 0 Å². The molecular formula is C25H27F4N7O3. The third-order valence-electron chi connectivity index (χ3n) is 8.31. The summed E-state index contributed by atoms with van der Waals surface area (Å²) in [5.74, 6) is 1.15. The predicted molar refractivity (Wildman–Crippen MR) is 128 cm³/mol. The molecule has 2 bridgehead atoms. The number of ether oxygens (including phenoxy) is 2. The van der Waals surface area contributed by atoms with Crippen molar-refractivity contribution in [2.24, 2.45) is 5.92 Å². The van der Waals surface area contributed by atoms with E-state index in [-0.39, 0.29) is 17.2 Å². The summed E-state index contributed by atoms with van der Waals surface area (Å²) in [7, 11) is 0. The molecule has 3 heterocycles. The van der Waals surface area contributed by atoms with Gasteiger partial charge in [0.25, 0.3) is 0 Å². The molecule has 8 rings (SSSR count). The molecule has 14 heteroatoms. The molecule has 3 aromatic rings. The van der Waals surface area contributed by atoms with Gasteiger partial charge in [-0.3, -0.25) is 14.2 Å². The van der Waals surface area contributed by atoms with E-state index in [0.29, 0.717) is 41.9 Å². The van der Waals surface area contributed by atoms with Crippen molar-refractivity contribution < 1.29 is 31.8 Å². The maximum Gasteiger partial charge on any atom is 0.522 e. The van der Waals surface area contributed by atoms with E-state index in [4.69, 9.17) is 4.74 Å². The Labute approximate surface area is 219 Å². The van der Waals surface area contributed by atoms with Crippen LogP contribution in [0.5, 0.6) is 0 Å². The first-order valence-corrected chi connectivity index (χ1v) is 13.2. The van der Waals surface area contributed by atoms with Crippen LogP contribution in [-0.4, -0.2) is 54.8 Å². The largest absolute Gasteiger partial charge is 0.522 e. The number of carbonyl (C=O) groups excluding carboxylic acids is 1. The van der Waals surface area contributed by atoms with E-state index in [0.717, 1.165) is 37.8 Å². The molecule has 0 spiro atoms. The molecule has 5 aliphatic rings. The molecule has 3 N–H and O–H groups in total. The fraction of sp³-hybridized carbons (Fsp3) is 0.600. The zero-order chi connectivity index (χ0) is 26.9. The van der Waals surface area contributed by atoms with E-state index in [1.807, 2.05) is 0 Å². The molecule has 5 saturated carbocycles. The van der Waals surface area contributed by atoms with Crippen LogP contribution in [-0.2, 0) is 16.1 Å². The number of alkyl halides is 4. The molecule has 0 unspecified atom stereocenters. The van der Waals surface area contributed by atoms with Crippen LogP contribution in [0, 0.1) is 5.92 Å². The Balaban J connectivity index is 1.05. The van der Waals surface area contributed by atoms with Crippen molar-refractivity contribution in [3.05, 3.63) is 35.4 Å². The van der Waals surface area contributed by atoms with Crippen LogP contribution in [0.3, 0.4) is 0 Å². The summed E-state index contributed by atoms with van der Waals surface area (Å²) in [5, 5.41) is 13.1. The average Bonchev–Trinajstić information content (AvgIpc) is 3.27. The number of H-pyrrole nitrogens is 1. The standard InChI is InChI=1S/C25H27F4N7O3/c26-21-15(3-4-18(21)39-23(37)33-24-7-12(8-24)9-24)17-5-19(35-34-17)32-22-31-16(13-1-2-13)6-20-30-14(10-36(20)22)11-38-25(27,28)29/h5-6,10,12-13,15,18,21H,1-4,7-9,11H2,(H,33,37)(H2,31,32,34,35)/t12?,15-,18-,21+,24?/m1/s1. The molecule has 208 valence electrons. The van der Waals surface area contributed by atoms with Gasteiger partial charge in [-0.25, -0.2) is 19.2 Å². The van der Waals surface area contributed by atoms with Crippen molar-refractivity contribution in [1.82, 2.24) is 29.9 Å². The predicted octanol–water partition coefficient (Wildman–Crippen LogP) is 4.97. The van der Waals surface area contributed by atoms with E-state index in [9.17, 15) is 18.0 Å². The van der Waals surface area contributed by atoms with Gasteiger partial charge in [-0.1, -0.05) is 0 Å². The number of anilines is 2. The normalized spacial score (nSPS) is 29.6. The van der Waals surface area contributed by atoms with E-state index in [1.165, 1.54) is 10.6 Å². The Morgan fingerprint density at radius 2 is 1.95 bits per heavy atom. The molecule has 3 atom stereocenters. The van der Waals surface area contributed by atoms with E-state index in [2.05, 4.69) is 35.5 Å². The number of imidazole rings is 1. The van der Waals surface area contributed by atoms with Gasteiger partial charge in [0.1, 0.15) is 17.9 Å². The van der Waals surface area contributed by atoms with Crippen molar-refractivity contribution in [3.8, 4) is 0 Å². The number of aromatic amines is 1. The summed E-state index contributed by atoms with van der Waals surface area (Å²) >= 11 is 0. The molecule has 3 aromatic heterocycles. The van der Waals surface area contributed by atoms with Crippen molar-refractivity contribution >= 4 is 23.5 Å². The quantitative estimate of drug-likeness (QED) is 0.340. The molecule has 10 nitrogen and oxygen atoms in total. The zero-order valence-corrected chi connectivity index (χ0v) is 20.8. The summed E-state index contributed by atoms with van der Waals surface area (Å²) in [5.41, 5.74) is 1.74. The number of nitrogens with zero attached hydrogens (tertiary/aromatic N) is 4. The lowest BCUT2D eigenvalue weighted by Gasteiger charge is -2.61. The highest BCUT2D eigenvalue weighted by Gasteiger charge is 2.58. The van der Waals surface area contributed by atoms with Crippen molar-refractivity contribution in [2.45, 2.75) is 87.6 Å². The van der Waals surface area contributed by atoms with Gasteiger partial charge in [0, 0.05) is 41.4 Å². The van der Waals surface area contributed by atoms with Gasteiger partial charge < -0.3 is 15.4 Å². The Bertz CT molecular complexity index is 1400. The number of hydrogen-bond donors (Lipinski definition) is 3. The number of hydrogen-bond acceptors (Lipinski definition) is 7. The minimum Gasteiger partial charge on any atom is -0.443 e. The average molecular weight is 550 g/mol. The summed E-state index contributed by atoms with van der Waals surface area (Å²) in [6.07, 6.45) is -0.345. The molecule has 0 radical (unpaired) electrons. The number of halogens is 4. The van der Waals surface area contributed by atoms with Crippen LogP contribution in [0.4, 0.5) is 34.1 Å². The minimum atomic E-state index is -4.77. The van der Waals surface area contributed by atoms with Crippen LogP contribution >= 0.6 is 0 Å². The number of fused-ring (bicyclic) bond motifs is 1. The number of rotatable bonds is 8. The topological polar surface area (TPSA) is 118 Å². The second-order valence-corrected chi connectivity index (χ2v) is 11.3. The summed E-state index contributed by atoms with van der Waals surface area (Å²) in [4.78, 5) is 21.2. The first-order valence-electron chi connectivity index (χ1n) is 13.2. The van der Waals surface area contributed by atoms with Gasteiger partial charge >= 0.3 is 12.5 Å². The summed E-state index contributed by atoms with van der Waals surface area (Å²) in [6.45, 7) is -0.724. The third kappa shape index (κ3) is 4.79. The van der Waals surface area contributed by atoms with Crippen LogP contribution in [0.2, 0.25) is 0 Å². The number of alkyl carbamates (subject to hydrolysis) is 1. The van der Waals surface area contributed by atoms with E-state index < -0.39 is 37.3 Å². The molecule has 1 amide bonds. The first kappa shape index (κ1) is 24.6. The lowest BCUT2D eigenvalue weighted by molar-refractivity contribution is -0.330. The van der Waals surface area contributed by atoms with Crippen LogP contribution in [0.1, 0.15) is 73.9 Å². The Kier molecular flexibility index (Phi) is 5.55. The molecular weight excluding hydrogens is 522 g/mol. The second kappa shape index (κ2) is 8.80. The highest BCUT2D eigenvalue weighted by molar-refractivity contribution is 5.69. The molecule has 5 aliphatic carbocycles. The fourth-order valence-corrected chi connectivity index (χ4v) is 6.05. The maximum atomic E-state index is 15.3. The van der Waals surface area contributed by atoms with Crippen molar-refractivity contribution in [2.75, 3.05) is 5.32 Å². The number of aromatic nitrogens is 5. The monoisotopic (exact) mass is 549 g/mol. The zero-order valence-electron chi connectivity index (χ0n) is 20.8.